The first-order chi connectivity index (χ1) is 7.83. The molecule has 0 aromatic carbocycles. The summed E-state index contributed by atoms with van der Waals surface area (Å²) in [5.41, 5.74) is 2.21. The minimum Gasteiger partial charge on any atom is -0.316 e. The normalized spacial score (nSPS) is 28.7. The summed E-state index contributed by atoms with van der Waals surface area (Å²) in [6.07, 6.45) is 7.45. The third kappa shape index (κ3) is 1.76. The Labute approximate surface area is 94.6 Å². The number of hydrogen-bond donors (Lipinski definition) is 1. The Hall–Kier alpha value is -1.22. The largest absolute Gasteiger partial charge is 0.316 e. The Morgan fingerprint density at radius 3 is 3.00 bits per heavy atom. The van der Waals surface area contributed by atoms with Crippen LogP contribution in [0.1, 0.15) is 18.4 Å². The van der Waals surface area contributed by atoms with Crippen LogP contribution in [-0.4, -0.2) is 18.1 Å². The lowest BCUT2D eigenvalue weighted by molar-refractivity contribution is 0.417. The van der Waals surface area contributed by atoms with E-state index < -0.39 is 0 Å². The molecule has 0 saturated carbocycles. The van der Waals surface area contributed by atoms with Crippen LogP contribution in [0.2, 0.25) is 0 Å². The van der Waals surface area contributed by atoms with Crippen LogP contribution in [0, 0.1) is 17.7 Å². The van der Waals surface area contributed by atoms with Gasteiger partial charge < -0.3 is 5.32 Å². The van der Waals surface area contributed by atoms with Crippen LogP contribution < -0.4 is 5.32 Å². The van der Waals surface area contributed by atoms with Crippen molar-refractivity contribution in [2.75, 3.05) is 13.1 Å². The second-order valence-corrected chi connectivity index (χ2v) is 4.74. The lowest BCUT2D eigenvalue weighted by Crippen LogP contribution is -2.16. The summed E-state index contributed by atoms with van der Waals surface area (Å²) in [6, 6.07) is 1.58. The van der Waals surface area contributed by atoms with Gasteiger partial charge in [-0.1, -0.05) is 6.08 Å². The predicted octanol–water partition coefficient (Wildman–Crippen LogP) is 2.23. The number of allylic oxidation sites excluding steroid dienone is 2. The molecule has 2 heterocycles. The van der Waals surface area contributed by atoms with Gasteiger partial charge in [-0.25, -0.2) is 4.39 Å². The van der Waals surface area contributed by atoms with Crippen LogP contribution in [0.3, 0.4) is 0 Å². The van der Waals surface area contributed by atoms with Crippen molar-refractivity contribution in [3.63, 3.8) is 0 Å². The Kier molecular flexibility index (Phi) is 2.48. The Bertz CT molecular complexity index is 428. The molecule has 2 nitrogen and oxygen atoms in total. The molecule has 1 fully saturated rings. The average Bonchev–Trinajstić information content (AvgIpc) is 2.75. The lowest BCUT2D eigenvalue weighted by atomic mass is 9.80. The van der Waals surface area contributed by atoms with Crippen LogP contribution in [0.5, 0.6) is 0 Å². The molecule has 1 aliphatic heterocycles. The highest BCUT2D eigenvalue weighted by Crippen LogP contribution is 2.36. The van der Waals surface area contributed by atoms with Gasteiger partial charge in [0.2, 0.25) is 0 Å². The number of halogens is 1. The smallest absolute Gasteiger partial charge is 0.142 e. The van der Waals surface area contributed by atoms with Crippen molar-refractivity contribution in [3.8, 4) is 0 Å². The molecular weight excluding hydrogens is 203 g/mol. The fourth-order valence-electron chi connectivity index (χ4n) is 2.78. The van der Waals surface area contributed by atoms with Gasteiger partial charge in [0.1, 0.15) is 5.82 Å². The number of pyridine rings is 1. The van der Waals surface area contributed by atoms with Crippen LogP contribution >= 0.6 is 0 Å². The van der Waals surface area contributed by atoms with Crippen molar-refractivity contribution in [2.45, 2.75) is 12.8 Å². The Morgan fingerprint density at radius 1 is 1.25 bits per heavy atom. The number of aromatic nitrogens is 1. The van der Waals surface area contributed by atoms with E-state index in [1.54, 1.807) is 12.3 Å². The van der Waals surface area contributed by atoms with Gasteiger partial charge in [-0.05, 0) is 55.0 Å². The monoisotopic (exact) mass is 218 g/mol. The predicted molar refractivity (Wildman–Crippen MR) is 61.3 cm³/mol. The van der Waals surface area contributed by atoms with Gasteiger partial charge in [0, 0.05) is 6.20 Å². The average molecular weight is 218 g/mol. The van der Waals surface area contributed by atoms with Crippen molar-refractivity contribution in [1.29, 1.82) is 0 Å². The molecular formula is C13H15FN2. The van der Waals surface area contributed by atoms with Crippen LogP contribution in [0.25, 0.3) is 5.57 Å². The molecule has 1 N–H and O–H groups in total. The highest BCUT2D eigenvalue weighted by Gasteiger charge is 2.30. The van der Waals surface area contributed by atoms with Crippen molar-refractivity contribution in [2.24, 2.45) is 11.8 Å². The Balaban J connectivity index is 1.85. The van der Waals surface area contributed by atoms with Crippen LogP contribution in [0.15, 0.2) is 24.5 Å². The molecule has 1 aromatic heterocycles. The van der Waals surface area contributed by atoms with E-state index in [9.17, 15) is 4.39 Å². The summed E-state index contributed by atoms with van der Waals surface area (Å²) in [4.78, 5) is 3.91. The molecule has 1 saturated heterocycles. The zero-order chi connectivity index (χ0) is 11.0. The van der Waals surface area contributed by atoms with Gasteiger partial charge in [0.15, 0.2) is 0 Å². The van der Waals surface area contributed by atoms with E-state index in [-0.39, 0.29) is 5.82 Å². The summed E-state index contributed by atoms with van der Waals surface area (Å²) >= 11 is 0. The third-order valence-corrected chi connectivity index (χ3v) is 3.70. The highest BCUT2D eigenvalue weighted by atomic mass is 19.1. The highest BCUT2D eigenvalue weighted by molar-refractivity contribution is 5.66. The molecule has 0 spiro atoms. The lowest BCUT2D eigenvalue weighted by Gasteiger charge is -2.24. The van der Waals surface area contributed by atoms with Crippen molar-refractivity contribution < 1.29 is 4.39 Å². The fourth-order valence-corrected chi connectivity index (χ4v) is 2.78. The summed E-state index contributed by atoms with van der Waals surface area (Å²) in [7, 11) is 0. The standard InChI is InChI=1S/C13H15FN2/c14-13-4-12(7-16-8-13)9-1-2-10-5-15-6-11(10)3-9/h1,4,7-8,10-11,15H,2-3,5-6H2/t10-,11+/m1/s1. The molecule has 0 amide bonds. The maximum atomic E-state index is 13.1. The summed E-state index contributed by atoms with van der Waals surface area (Å²) < 4.78 is 13.1. The van der Waals surface area contributed by atoms with Crippen molar-refractivity contribution in [3.05, 3.63) is 35.9 Å². The quantitative estimate of drug-likeness (QED) is 0.782. The van der Waals surface area contributed by atoms with E-state index in [4.69, 9.17) is 0 Å². The Morgan fingerprint density at radius 2 is 2.12 bits per heavy atom. The summed E-state index contributed by atoms with van der Waals surface area (Å²) in [5.74, 6) is 1.26. The molecule has 3 heteroatoms. The first-order valence-electron chi connectivity index (χ1n) is 5.83. The summed E-state index contributed by atoms with van der Waals surface area (Å²) in [5, 5.41) is 3.42. The maximum absolute atomic E-state index is 13.1. The molecule has 2 aliphatic rings. The van der Waals surface area contributed by atoms with Crippen molar-refractivity contribution >= 4 is 5.57 Å². The van der Waals surface area contributed by atoms with Gasteiger partial charge in [-0.2, -0.15) is 0 Å². The first kappa shape index (κ1) is 9.97. The number of hydrogen-bond acceptors (Lipinski definition) is 2. The van der Waals surface area contributed by atoms with Gasteiger partial charge in [0.25, 0.3) is 0 Å². The minimum atomic E-state index is -0.245. The van der Waals surface area contributed by atoms with Gasteiger partial charge in [-0.3, -0.25) is 4.98 Å². The number of fused-ring (bicyclic) bond motifs is 1. The van der Waals surface area contributed by atoms with E-state index in [0.29, 0.717) is 0 Å². The van der Waals surface area contributed by atoms with Crippen molar-refractivity contribution in [1.82, 2.24) is 10.3 Å². The molecule has 0 radical (unpaired) electrons. The van der Waals surface area contributed by atoms with E-state index in [1.165, 1.54) is 11.8 Å². The molecule has 84 valence electrons. The van der Waals surface area contributed by atoms with Crippen LogP contribution in [0.4, 0.5) is 4.39 Å². The zero-order valence-corrected chi connectivity index (χ0v) is 9.12. The molecule has 0 unspecified atom stereocenters. The number of rotatable bonds is 1. The van der Waals surface area contributed by atoms with E-state index in [1.807, 2.05) is 0 Å². The molecule has 1 aromatic rings. The molecule has 3 rings (SSSR count). The maximum Gasteiger partial charge on any atom is 0.142 e. The zero-order valence-electron chi connectivity index (χ0n) is 9.12. The molecule has 1 aliphatic carbocycles. The molecule has 0 bridgehead atoms. The van der Waals surface area contributed by atoms with E-state index in [0.717, 1.165) is 43.3 Å². The van der Waals surface area contributed by atoms with Crippen LogP contribution in [-0.2, 0) is 0 Å². The van der Waals surface area contributed by atoms with Gasteiger partial charge >= 0.3 is 0 Å². The SMILES string of the molecule is Fc1cncc(C2=CC[C@@H]3CNC[C@@H]3C2)c1. The van der Waals surface area contributed by atoms with E-state index in [2.05, 4.69) is 16.4 Å². The number of nitrogens with zero attached hydrogens (tertiary/aromatic N) is 1. The molecule has 2 atom stereocenters. The first-order valence-corrected chi connectivity index (χ1v) is 5.83. The molecule has 16 heavy (non-hydrogen) atoms. The number of nitrogens with one attached hydrogen (secondary N) is 1. The second-order valence-electron chi connectivity index (χ2n) is 4.74. The second kappa shape index (κ2) is 3.98. The fraction of sp³-hybridized carbons (Fsp3) is 0.462. The van der Waals surface area contributed by atoms with Gasteiger partial charge in [0.05, 0.1) is 6.20 Å². The topological polar surface area (TPSA) is 24.9 Å². The van der Waals surface area contributed by atoms with Gasteiger partial charge in [-0.15, -0.1) is 0 Å². The summed E-state index contributed by atoms with van der Waals surface area (Å²) in [6.45, 7) is 2.24. The third-order valence-electron chi connectivity index (χ3n) is 3.70. The van der Waals surface area contributed by atoms with E-state index >= 15 is 0 Å². The minimum absolute atomic E-state index is 0.245.